The molecule has 1 aliphatic rings. The number of phenolic OH excluding ortho intramolecular Hbond substituents is 1. The zero-order chi connectivity index (χ0) is 24.1. The van der Waals surface area contributed by atoms with Crippen molar-refractivity contribution in [1.82, 2.24) is 0 Å². The SMILES string of the molecule is Cc1c(C)c2c(c(C)c1O)CC(=O)[C@](C)(CCC[C@H](C)CCC[C@@H](C)CCCC(C)C)O2. The van der Waals surface area contributed by atoms with Crippen LogP contribution in [0.25, 0.3) is 0 Å². The summed E-state index contributed by atoms with van der Waals surface area (Å²) >= 11 is 0. The van der Waals surface area contributed by atoms with Crippen molar-refractivity contribution in [2.75, 3.05) is 0 Å². The number of Topliss-reactive ketones (excluding diaryl/α,β-unsaturated/α-hetero) is 1. The van der Waals surface area contributed by atoms with Crippen LogP contribution >= 0.6 is 0 Å². The number of ether oxygens (including phenoxy) is 1. The monoisotopic (exact) mass is 444 g/mol. The zero-order valence-electron chi connectivity index (χ0n) is 22.1. The van der Waals surface area contributed by atoms with Gasteiger partial charge in [0.25, 0.3) is 0 Å². The Bertz CT molecular complexity index is 779. The third-order valence-corrected chi connectivity index (χ3v) is 7.82. The molecule has 0 unspecified atom stereocenters. The van der Waals surface area contributed by atoms with Gasteiger partial charge < -0.3 is 9.84 Å². The van der Waals surface area contributed by atoms with Gasteiger partial charge >= 0.3 is 0 Å². The topological polar surface area (TPSA) is 46.5 Å². The second-order valence-electron chi connectivity index (χ2n) is 11.3. The van der Waals surface area contributed by atoms with E-state index in [1.165, 1.54) is 38.5 Å². The second-order valence-corrected chi connectivity index (χ2v) is 11.3. The van der Waals surface area contributed by atoms with E-state index in [0.29, 0.717) is 18.1 Å². The van der Waals surface area contributed by atoms with Gasteiger partial charge in [-0.2, -0.15) is 0 Å². The maximum atomic E-state index is 13.0. The number of hydrogen-bond donors (Lipinski definition) is 1. The third kappa shape index (κ3) is 6.75. The molecule has 182 valence electrons. The first kappa shape index (κ1) is 26.7. The van der Waals surface area contributed by atoms with Crippen LogP contribution < -0.4 is 4.74 Å². The van der Waals surface area contributed by atoms with Crippen molar-refractivity contribution in [3.63, 3.8) is 0 Å². The standard InChI is InChI=1S/C29H48O3/c1-19(2)12-9-13-20(3)14-10-15-21(4)16-11-17-29(8)26(30)18-25-24(7)27(31)22(5)23(6)28(25)32-29/h19-21,31H,9-18H2,1-8H3/t20-,21+,29-/m0/s1. The van der Waals surface area contributed by atoms with Crippen molar-refractivity contribution in [2.24, 2.45) is 17.8 Å². The van der Waals surface area contributed by atoms with E-state index in [9.17, 15) is 9.90 Å². The lowest BCUT2D eigenvalue weighted by Crippen LogP contribution is -2.46. The van der Waals surface area contributed by atoms with Crippen LogP contribution in [0.1, 0.15) is 115 Å². The van der Waals surface area contributed by atoms with Crippen LogP contribution in [-0.2, 0) is 11.2 Å². The summed E-state index contributed by atoms with van der Waals surface area (Å²) in [5, 5.41) is 10.4. The summed E-state index contributed by atoms with van der Waals surface area (Å²) in [5.41, 5.74) is 2.70. The van der Waals surface area contributed by atoms with Crippen LogP contribution in [0.5, 0.6) is 11.5 Å². The van der Waals surface area contributed by atoms with Gasteiger partial charge in [-0.05, 0) is 75.0 Å². The van der Waals surface area contributed by atoms with E-state index in [1.807, 2.05) is 27.7 Å². The van der Waals surface area contributed by atoms with Crippen LogP contribution in [0.4, 0.5) is 0 Å². The van der Waals surface area contributed by atoms with Gasteiger partial charge in [-0.25, -0.2) is 0 Å². The maximum Gasteiger partial charge on any atom is 0.180 e. The number of carbonyl (C=O) groups excluding carboxylic acids is 1. The highest BCUT2D eigenvalue weighted by Crippen LogP contribution is 2.43. The van der Waals surface area contributed by atoms with Crippen molar-refractivity contribution >= 4 is 5.78 Å². The molecule has 0 aliphatic carbocycles. The smallest absolute Gasteiger partial charge is 0.180 e. The largest absolute Gasteiger partial charge is 0.507 e. The van der Waals surface area contributed by atoms with Crippen molar-refractivity contribution < 1.29 is 14.6 Å². The molecule has 0 radical (unpaired) electrons. The highest BCUT2D eigenvalue weighted by atomic mass is 16.5. The molecule has 0 fully saturated rings. The third-order valence-electron chi connectivity index (χ3n) is 7.82. The lowest BCUT2D eigenvalue weighted by atomic mass is 9.83. The van der Waals surface area contributed by atoms with E-state index in [2.05, 4.69) is 27.7 Å². The molecule has 0 saturated carbocycles. The number of rotatable bonds is 12. The number of aromatic hydroxyl groups is 1. The summed E-state index contributed by atoms with van der Waals surface area (Å²) in [6.45, 7) is 17.1. The molecule has 2 rings (SSSR count). The van der Waals surface area contributed by atoms with Gasteiger partial charge in [0.15, 0.2) is 11.4 Å². The van der Waals surface area contributed by atoms with E-state index in [1.54, 1.807) is 0 Å². The fourth-order valence-electron chi connectivity index (χ4n) is 5.11. The van der Waals surface area contributed by atoms with E-state index in [4.69, 9.17) is 4.74 Å². The average molecular weight is 445 g/mol. The van der Waals surface area contributed by atoms with Crippen LogP contribution in [0, 0.1) is 38.5 Å². The van der Waals surface area contributed by atoms with Crippen LogP contribution in [0.15, 0.2) is 0 Å². The molecule has 1 aliphatic heterocycles. The maximum absolute atomic E-state index is 13.0. The first-order valence-corrected chi connectivity index (χ1v) is 13.0. The Kier molecular flexibility index (Phi) is 9.67. The summed E-state index contributed by atoms with van der Waals surface area (Å²) < 4.78 is 6.37. The van der Waals surface area contributed by atoms with Crippen molar-refractivity contribution in [3.8, 4) is 11.5 Å². The van der Waals surface area contributed by atoms with Crippen LogP contribution in [0.2, 0.25) is 0 Å². The quantitative estimate of drug-likeness (QED) is 0.355. The number of carbonyl (C=O) groups is 1. The first-order chi connectivity index (χ1) is 15.0. The molecule has 1 heterocycles. The Morgan fingerprint density at radius 1 is 0.844 bits per heavy atom. The molecule has 0 amide bonds. The van der Waals surface area contributed by atoms with Gasteiger partial charge in [-0.15, -0.1) is 0 Å². The molecular weight excluding hydrogens is 396 g/mol. The van der Waals surface area contributed by atoms with Gasteiger partial charge in [0.2, 0.25) is 0 Å². The Morgan fingerprint density at radius 3 is 1.94 bits per heavy atom. The molecule has 32 heavy (non-hydrogen) atoms. The summed E-state index contributed by atoms with van der Waals surface area (Å²) in [7, 11) is 0. The molecule has 1 N–H and O–H groups in total. The van der Waals surface area contributed by atoms with Crippen molar-refractivity contribution in [1.29, 1.82) is 0 Å². The van der Waals surface area contributed by atoms with Gasteiger partial charge in [0.05, 0.1) is 0 Å². The molecule has 3 atom stereocenters. The number of fused-ring (bicyclic) bond motifs is 1. The minimum Gasteiger partial charge on any atom is -0.507 e. The molecule has 0 aromatic heterocycles. The summed E-state index contributed by atoms with van der Waals surface area (Å²) in [6, 6.07) is 0. The zero-order valence-corrected chi connectivity index (χ0v) is 22.1. The highest BCUT2D eigenvalue weighted by Gasteiger charge is 2.41. The van der Waals surface area contributed by atoms with Gasteiger partial charge in [-0.1, -0.05) is 72.6 Å². The Labute approximate surface area is 197 Å². The van der Waals surface area contributed by atoms with E-state index >= 15 is 0 Å². The number of benzene rings is 1. The lowest BCUT2D eigenvalue weighted by Gasteiger charge is -2.37. The second kappa shape index (κ2) is 11.6. The normalized spacial score (nSPS) is 20.2. The summed E-state index contributed by atoms with van der Waals surface area (Å²) in [5.74, 6) is 3.60. The summed E-state index contributed by atoms with van der Waals surface area (Å²) in [6.07, 6.45) is 11.3. The molecule has 0 bridgehead atoms. The van der Waals surface area contributed by atoms with E-state index in [0.717, 1.165) is 59.1 Å². The van der Waals surface area contributed by atoms with Crippen molar-refractivity contribution in [2.45, 2.75) is 125 Å². The first-order valence-electron chi connectivity index (χ1n) is 13.0. The Morgan fingerprint density at radius 2 is 1.38 bits per heavy atom. The number of phenols is 1. The predicted molar refractivity (Wildman–Crippen MR) is 135 cm³/mol. The predicted octanol–water partition coefficient (Wildman–Crippen LogP) is 8.02. The van der Waals surface area contributed by atoms with E-state index < -0.39 is 5.60 Å². The Hall–Kier alpha value is -1.51. The fourth-order valence-corrected chi connectivity index (χ4v) is 5.11. The van der Waals surface area contributed by atoms with Gasteiger partial charge in [0.1, 0.15) is 11.5 Å². The fraction of sp³-hybridized carbons (Fsp3) is 0.759. The summed E-state index contributed by atoms with van der Waals surface area (Å²) in [4.78, 5) is 13.0. The minimum atomic E-state index is -0.752. The molecule has 3 heteroatoms. The molecular formula is C29H48O3. The minimum absolute atomic E-state index is 0.138. The van der Waals surface area contributed by atoms with Crippen LogP contribution in [-0.4, -0.2) is 16.5 Å². The number of ketones is 1. The molecule has 1 aromatic carbocycles. The highest BCUT2D eigenvalue weighted by molar-refractivity contribution is 5.92. The van der Waals surface area contributed by atoms with Crippen molar-refractivity contribution in [3.05, 3.63) is 22.3 Å². The molecule has 0 spiro atoms. The molecule has 3 nitrogen and oxygen atoms in total. The Balaban J connectivity index is 1.81. The lowest BCUT2D eigenvalue weighted by molar-refractivity contribution is -0.135. The molecule has 1 aromatic rings. The van der Waals surface area contributed by atoms with E-state index in [-0.39, 0.29) is 5.78 Å². The average Bonchev–Trinajstić information content (AvgIpc) is 2.72. The van der Waals surface area contributed by atoms with Gasteiger partial charge in [0, 0.05) is 12.0 Å². The van der Waals surface area contributed by atoms with Crippen LogP contribution in [0.3, 0.4) is 0 Å². The van der Waals surface area contributed by atoms with Gasteiger partial charge in [-0.3, -0.25) is 4.79 Å². The number of hydrogen-bond acceptors (Lipinski definition) is 3. The molecule has 0 saturated heterocycles.